The normalized spacial score (nSPS) is 28.6. The molecule has 0 aromatic heterocycles. The van der Waals surface area contributed by atoms with Gasteiger partial charge in [-0.25, -0.2) is 0 Å². The average Bonchev–Trinajstić information content (AvgIpc) is 3.42. The van der Waals surface area contributed by atoms with Gasteiger partial charge in [0.05, 0.1) is 20.1 Å². The van der Waals surface area contributed by atoms with E-state index in [-0.39, 0.29) is 17.7 Å². The Balaban J connectivity index is 1.29. The molecular weight excluding hydrogens is 356 g/mol. The van der Waals surface area contributed by atoms with Crippen LogP contribution in [0.5, 0.6) is 11.5 Å². The molecule has 2 saturated carbocycles. The molecule has 1 aliphatic heterocycles. The maximum Gasteiger partial charge on any atom is 0.225 e. The molecule has 2 amide bonds. The number of hydrogen-bond acceptors (Lipinski definition) is 4. The Morgan fingerprint density at radius 3 is 2.68 bits per heavy atom. The van der Waals surface area contributed by atoms with Gasteiger partial charge in [-0.3, -0.25) is 9.59 Å². The first-order valence-electron chi connectivity index (χ1n) is 10.4. The Bertz CT molecular complexity index is 750. The van der Waals surface area contributed by atoms with Crippen molar-refractivity contribution in [3.05, 3.63) is 23.8 Å². The fraction of sp³-hybridized carbons (Fsp3) is 0.636. The van der Waals surface area contributed by atoms with Crippen molar-refractivity contribution in [3.63, 3.8) is 0 Å². The molecule has 0 spiro atoms. The Kier molecular flexibility index (Phi) is 5.47. The van der Waals surface area contributed by atoms with Crippen molar-refractivity contribution in [1.29, 1.82) is 0 Å². The topological polar surface area (TPSA) is 67.9 Å². The minimum atomic E-state index is -0.211. The van der Waals surface area contributed by atoms with Crippen molar-refractivity contribution in [2.75, 3.05) is 27.3 Å². The molecule has 152 valence electrons. The van der Waals surface area contributed by atoms with E-state index < -0.39 is 0 Å². The summed E-state index contributed by atoms with van der Waals surface area (Å²) in [6.07, 6.45) is 6.02. The van der Waals surface area contributed by atoms with E-state index in [1.54, 1.807) is 14.2 Å². The van der Waals surface area contributed by atoms with Gasteiger partial charge in [-0.15, -0.1) is 0 Å². The van der Waals surface area contributed by atoms with Crippen LogP contribution in [0.3, 0.4) is 0 Å². The highest BCUT2D eigenvalue weighted by atomic mass is 16.5. The molecule has 3 aliphatic rings. The Labute approximate surface area is 166 Å². The van der Waals surface area contributed by atoms with Crippen molar-refractivity contribution in [3.8, 4) is 11.5 Å². The summed E-state index contributed by atoms with van der Waals surface area (Å²) in [7, 11) is 3.23. The third-order valence-electron chi connectivity index (χ3n) is 6.77. The monoisotopic (exact) mass is 386 g/mol. The molecule has 6 heteroatoms. The molecule has 3 fully saturated rings. The molecule has 0 radical (unpaired) electrons. The first-order chi connectivity index (χ1) is 13.6. The second kappa shape index (κ2) is 8.02. The summed E-state index contributed by atoms with van der Waals surface area (Å²) in [5.74, 6) is 2.78. The number of amides is 2. The van der Waals surface area contributed by atoms with Crippen molar-refractivity contribution < 1.29 is 19.1 Å². The number of benzene rings is 1. The molecule has 2 bridgehead atoms. The van der Waals surface area contributed by atoms with Crippen LogP contribution in [-0.2, 0) is 16.0 Å². The van der Waals surface area contributed by atoms with E-state index in [0.29, 0.717) is 43.0 Å². The molecule has 2 aliphatic carbocycles. The molecule has 6 nitrogen and oxygen atoms in total. The van der Waals surface area contributed by atoms with E-state index >= 15 is 0 Å². The van der Waals surface area contributed by atoms with Gasteiger partial charge in [0.15, 0.2) is 11.5 Å². The summed E-state index contributed by atoms with van der Waals surface area (Å²) in [4.78, 5) is 26.9. The molecule has 1 saturated heterocycles. The Morgan fingerprint density at radius 1 is 1.18 bits per heavy atom. The number of nitrogens with one attached hydrogen (secondary N) is 1. The molecule has 1 aromatic rings. The fourth-order valence-electron chi connectivity index (χ4n) is 5.19. The van der Waals surface area contributed by atoms with Crippen LogP contribution in [0, 0.1) is 17.8 Å². The highest BCUT2D eigenvalue weighted by Crippen LogP contribution is 2.44. The smallest absolute Gasteiger partial charge is 0.225 e. The third kappa shape index (κ3) is 3.82. The van der Waals surface area contributed by atoms with Gasteiger partial charge in [0.2, 0.25) is 11.8 Å². The molecule has 4 rings (SSSR count). The second-order valence-corrected chi connectivity index (χ2v) is 8.47. The van der Waals surface area contributed by atoms with Gasteiger partial charge in [-0.05, 0) is 55.2 Å². The van der Waals surface area contributed by atoms with Crippen LogP contribution in [0.25, 0.3) is 0 Å². The lowest BCUT2D eigenvalue weighted by atomic mass is 9.94. The Morgan fingerprint density at radius 2 is 2.00 bits per heavy atom. The van der Waals surface area contributed by atoms with E-state index in [4.69, 9.17) is 9.47 Å². The zero-order valence-electron chi connectivity index (χ0n) is 16.8. The summed E-state index contributed by atoms with van der Waals surface area (Å²) >= 11 is 0. The standard InChI is InChI=1S/C22H30N2O4/c1-27-19-6-4-14(11-20(19)28-2)7-8-24-13-17(12-21(24)25)22(26)23-18-10-15-3-5-16(18)9-15/h4,6,11,15-18H,3,5,7-10,12-13H2,1-2H3,(H,23,26)/t15-,16-,17+,18+/m0/s1. The van der Waals surface area contributed by atoms with Crippen LogP contribution in [0.2, 0.25) is 0 Å². The maximum absolute atomic E-state index is 12.7. The highest BCUT2D eigenvalue weighted by Gasteiger charge is 2.42. The van der Waals surface area contributed by atoms with Crippen molar-refractivity contribution in [2.24, 2.45) is 17.8 Å². The minimum Gasteiger partial charge on any atom is -0.493 e. The molecule has 1 N–H and O–H groups in total. The lowest BCUT2D eigenvalue weighted by molar-refractivity contribution is -0.129. The number of rotatable bonds is 7. The summed E-state index contributed by atoms with van der Waals surface area (Å²) in [6, 6.07) is 6.15. The van der Waals surface area contributed by atoms with E-state index in [2.05, 4.69) is 5.32 Å². The molecular formula is C22H30N2O4. The van der Waals surface area contributed by atoms with Crippen LogP contribution in [0.4, 0.5) is 0 Å². The first kappa shape index (κ1) is 19.1. The number of hydrogen-bond donors (Lipinski definition) is 1. The number of methoxy groups -OCH3 is 2. The van der Waals surface area contributed by atoms with Crippen LogP contribution >= 0.6 is 0 Å². The highest BCUT2D eigenvalue weighted by molar-refractivity contribution is 5.89. The lowest BCUT2D eigenvalue weighted by Gasteiger charge is -2.24. The van der Waals surface area contributed by atoms with Gasteiger partial charge in [-0.2, -0.15) is 0 Å². The van der Waals surface area contributed by atoms with Crippen molar-refractivity contribution >= 4 is 11.8 Å². The van der Waals surface area contributed by atoms with Crippen molar-refractivity contribution in [1.82, 2.24) is 10.2 Å². The second-order valence-electron chi connectivity index (χ2n) is 8.47. The lowest BCUT2D eigenvalue weighted by Crippen LogP contribution is -2.42. The number of ether oxygens (including phenoxy) is 2. The summed E-state index contributed by atoms with van der Waals surface area (Å²) < 4.78 is 10.6. The largest absolute Gasteiger partial charge is 0.493 e. The first-order valence-corrected chi connectivity index (χ1v) is 10.4. The summed E-state index contributed by atoms with van der Waals surface area (Å²) in [6.45, 7) is 1.14. The number of likely N-dealkylation sites (tertiary alicyclic amines) is 1. The predicted octanol–water partition coefficient (Wildman–Crippen LogP) is 2.40. The zero-order chi connectivity index (χ0) is 19.7. The van der Waals surface area contributed by atoms with Crippen LogP contribution in [0.15, 0.2) is 18.2 Å². The van der Waals surface area contributed by atoms with Crippen molar-refractivity contribution in [2.45, 2.75) is 44.6 Å². The number of carbonyl (C=O) groups excluding carboxylic acids is 2. The van der Waals surface area contributed by atoms with Gasteiger partial charge < -0.3 is 19.7 Å². The van der Waals surface area contributed by atoms with Crippen LogP contribution < -0.4 is 14.8 Å². The van der Waals surface area contributed by atoms with E-state index in [1.165, 1.54) is 19.3 Å². The fourth-order valence-corrected chi connectivity index (χ4v) is 5.19. The molecule has 0 unspecified atom stereocenters. The third-order valence-corrected chi connectivity index (χ3v) is 6.77. The summed E-state index contributed by atoms with van der Waals surface area (Å²) in [5, 5.41) is 3.25. The average molecular weight is 386 g/mol. The van der Waals surface area contributed by atoms with E-state index in [1.807, 2.05) is 23.1 Å². The van der Waals surface area contributed by atoms with Gasteiger partial charge in [0.25, 0.3) is 0 Å². The van der Waals surface area contributed by atoms with E-state index in [0.717, 1.165) is 24.3 Å². The number of nitrogens with zero attached hydrogens (tertiary/aromatic N) is 1. The van der Waals surface area contributed by atoms with Gasteiger partial charge in [0.1, 0.15) is 0 Å². The van der Waals surface area contributed by atoms with Crippen LogP contribution in [0.1, 0.15) is 37.7 Å². The molecule has 1 aromatic carbocycles. The Hall–Kier alpha value is -2.24. The predicted molar refractivity (Wildman–Crippen MR) is 105 cm³/mol. The molecule has 1 heterocycles. The zero-order valence-corrected chi connectivity index (χ0v) is 16.8. The minimum absolute atomic E-state index is 0.0690. The van der Waals surface area contributed by atoms with Gasteiger partial charge >= 0.3 is 0 Å². The number of fused-ring (bicyclic) bond motifs is 2. The van der Waals surface area contributed by atoms with E-state index in [9.17, 15) is 9.59 Å². The van der Waals surface area contributed by atoms with Gasteiger partial charge in [0, 0.05) is 25.6 Å². The SMILES string of the molecule is COc1ccc(CCN2C[C@H](C(=O)N[C@@H]3C[C@H]4CC[C@H]3C4)CC2=O)cc1OC. The number of carbonyl (C=O) groups is 2. The van der Waals surface area contributed by atoms with Gasteiger partial charge in [-0.1, -0.05) is 12.5 Å². The maximum atomic E-state index is 12.7. The molecule has 28 heavy (non-hydrogen) atoms. The summed E-state index contributed by atoms with van der Waals surface area (Å²) in [5.41, 5.74) is 1.08. The molecule has 4 atom stereocenters. The quantitative estimate of drug-likeness (QED) is 0.781. The van der Waals surface area contributed by atoms with Crippen LogP contribution in [-0.4, -0.2) is 50.1 Å².